The van der Waals surface area contributed by atoms with E-state index in [9.17, 15) is 0 Å². The predicted octanol–water partition coefficient (Wildman–Crippen LogP) is 2.73. The zero-order valence-corrected chi connectivity index (χ0v) is 11.9. The van der Waals surface area contributed by atoms with Crippen LogP contribution >= 0.6 is 39.7 Å². The smallest absolute Gasteiger partial charge is 0.0701 e. The van der Waals surface area contributed by atoms with Gasteiger partial charge in [-0.15, -0.1) is 23.7 Å². The fourth-order valence-electron chi connectivity index (χ4n) is 1.87. The van der Waals surface area contributed by atoms with Crippen LogP contribution in [0, 0.1) is 0 Å². The summed E-state index contributed by atoms with van der Waals surface area (Å²) in [5.41, 5.74) is 0. The highest BCUT2D eigenvalue weighted by Gasteiger charge is 2.20. The highest BCUT2D eigenvalue weighted by molar-refractivity contribution is 9.11. The maximum absolute atomic E-state index is 3.49. The van der Waals surface area contributed by atoms with Crippen LogP contribution in [0.1, 0.15) is 11.3 Å². The first-order valence-electron chi connectivity index (χ1n) is 4.92. The summed E-state index contributed by atoms with van der Waals surface area (Å²) in [5.74, 6) is 0. The third kappa shape index (κ3) is 3.71. The van der Waals surface area contributed by atoms with Gasteiger partial charge in [0.1, 0.15) is 0 Å². The number of likely N-dealkylation sites (N-methyl/N-ethyl adjacent to an activating group) is 1. The largest absolute Gasteiger partial charge is 0.316 e. The van der Waals surface area contributed by atoms with E-state index in [0.29, 0.717) is 6.04 Å². The van der Waals surface area contributed by atoms with Gasteiger partial charge in [-0.05, 0) is 41.5 Å². The summed E-state index contributed by atoms with van der Waals surface area (Å²) in [7, 11) is 2.05. The van der Waals surface area contributed by atoms with Gasteiger partial charge in [0.25, 0.3) is 0 Å². The zero-order valence-electron chi connectivity index (χ0n) is 8.70. The second kappa shape index (κ2) is 6.21. The Balaban J connectivity index is 0.00000112. The molecule has 1 aromatic heterocycles. The van der Waals surface area contributed by atoms with Crippen molar-refractivity contribution in [1.29, 1.82) is 0 Å². The van der Waals surface area contributed by atoms with Crippen LogP contribution in [0.15, 0.2) is 15.9 Å². The molecule has 1 N–H and O–H groups in total. The second-order valence-corrected chi connectivity index (χ2v) is 6.26. The van der Waals surface area contributed by atoms with E-state index in [2.05, 4.69) is 45.3 Å². The van der Waals surface area contributed by atoms with Gasteiger partial charge in [0.05, 0.1) is 3.79 Å². The molecule has 0 bridgehead atoms. The van der Waals surface area contributed by atoms with Crippen molar-refractivity contribution >= 4 is 39.7 Å². The molecule has 2 heterocycles. The normalized spacial score (nSPS) is 21.6. The maximum atomic E-state index is 3.49. The van der Waals surface area contributed by atoms with Crippen molar-refractivity contribution in [3.63, 3.8) is 0 Å². The molecule has 0 aromatic carbocycles. The molecule has 0 aliphatic carbocycles. The fraction of sp³-hybridized carbons (Fsp3) is 0.600. The number of rotatable bonds is 3. The fourth-order valence-corrected chi connectivity index (χ4v) is 3.39. The number of likely N-dealkylation sites (tertiary alicyclic amines) is 1. The Labute approximate surface area is 110 Å². The van der Waals surface area contributed by atoms with Crippen LogP contribution in [-0.4, -0.2) is 31.1 Å². The molecule has 1 atom stereocenters. The molecule has 2 nitrogen and oxygen atoms in total. The van der Waals surface area contributed by atoms with Crippen LogP contribution in [0.25, 0.3) is 0 Å². The molecule has 0 radical (unpaired) electrons. The van der Waals surface area contributed by atoms with Crippen molar-refractivity contribution in [3.05, 3.63) is 20.8 Å². The first-order chi connectivity index (χ1) is 6.78. The Bertz CT molecular complexity index is 305. The topological polar surface area (TPSA) is 15.3 Å². The predicted molar refractivity (Wildman–Crippen MR) is 72.0 cm³/mol. The minimum atomic E-state index is 0. The Morgan fingerprint density at radius 1 is 1.60 bits per heavy atom. The highest BCUT2D eigenvalue weighted by Crippen LogP contribution is 2.24. The van der Waals surface area contributed by atoms with Crippen LogP contribution in [0.5, 0.6) is 0 Å². The number of hydrogen-bond acceptors (Lipinski definition) is 3. The van der Waals surface area contributed by atoms with Gasteiger partial charge in [0, 0.05) is 30.6 Å². The summed E-state index contributed by atoms with van der Waals surface area (Å²) >= 11 is 5.33. The van der Waals surface area contributed by atoms with Crippen LogP contribution in [0.2, 0.25) is 0 Å². The summed E-state index contributed by atoms with van der Waals surface area (Å²) in [6.07, 6.45) is 1.28. The molecule has 1 saturated heterocycles. The van der Waals surface area contributed by atoms with Crippen LogP contribution in [0.4, 0.5) is 0 Å². The summed E-state index contributed by atoms with van der Waals surface area (Å²) in [6, 6.07) is 5.03. The third-order valence-electron chi connectivity index (χ3n) is 2.69. The van der Waals surface area contributed by atoms with Gasteiger partial charge in [-0.1, -0.05) is 0 Å². The average molecular weight is 312 g/mol. The van der Waals surface area contributed by atoms with E-state index in [1.54, 1.807) is 0 Å². The second-order valence-electron chi connectivity index (χ2n) is 3.72. The summed E-state index contributed by atoms with van der Waals surface area (Å²) in [6.45, 7) is 3.52. The lowest BCUT2D eigenvalue weighted by Crippen LogP contribution is -2.29. The first-order valence-corrected chi connectivity index (χ1v) is 6.52. The van der Waals surface area contributed by atoms with E-state index >= 15 is 0 Å². The van der Waals surface area contributed by atoms with Crippen molar-refractivity contribution in [3.8, 4) is 0 Å². The zero-order chi connectivity index (χ0) is 9.97. The number of nitrogens with zero attached hydrogens (tertiary/aromatic N) is 1. The van der Waals surface area contributed by atoms with Crippen molar-refractivity contribution in [2.24, 2.45) is 0 Å². The number of nitrogens with one attached hydrogen (secondary N) is 1. The average Bonchev–Trinajstić information content (AvgIpc) is 2.76. The lowest BCUT2D eigenvalue weighted by Gasteiger charge is -2.14. The molecule has 0 spiro atoms. The van der Waals surface area contributed by atoms with Crippen LogP contribution in [0.3, 0.4) is 0 Å². The molecule has 1 aliphatic rings. The van der Waals surface area contributed by atoms with Gasteiger partial charge in [-0.25, -0.2) is 0 Å². The molecular weight excluding hydrogens is 296 g/mol. The number of thiophene rings is 1. The molecule has 2 rings (SSSR count). The van der Waals surface area contributed by atoms with E-state index in [-0.39, 0.29) is 12.4 Å². The van der Waals surface area contributed by atoms with E-state index < -0.39 is 0 Å². The molecular formula is C10H16BrClN2S. The maximum Gasteiger partial charge on any atom is 0.0701 e. The van der Waals surface area contributed by atoms with Crippen LogP contribution in [-0.2, 0) is 6.54 Å². The molecule has 15 heavy (non-hydrogen) atoms. The Hall–Kier alpha value is 0.390. The molecule has 86 valence electrons. The Morgan fingerprint density at radius 2 is 2.40 bits per heavy atom. The van der Waals surface area contributed by atoms with E-state index in [4.69, 9.17) is 0 Å². The van der Waals surface area contributed by atoms with Gasteiger partial charge >= 0.3 is 0 Å². The summed E-state index contributed by atoms with van der Waals surface area (Å²) in [5, 5.41) is 3.34. The van der Waals surface area contributed by atoms with E-state index in [1.165, 1.54) is 28.2 Å². The van der Waals surface area contributed by atoms with Gasteiger partial charge in [0.15, 0.2) is 0 Å². The highest BCUT2D eigenvalue weighted by atomic mass is 79.9. The molecule has 1 fully saturated rings. The lowest BCUT2D eigenvalue weighted by molar-refractivity contribution is 0.325. The lowest BCUT2D eigenvalue weighted by atomic mass is 10.3. The van der Waals surface area contributed by atoms with Gasteiger partial charge in [-0.3, -0.25) is 4.90 Å². The standard InChI is InChI=1S/C10H15BrN2S.ClH/c1-12-8-4-5-13(6-8)7-9-2-3-10(11)14-9;/h2-3,8,12H,4-7H2,1H3;1H. The van der Waals surface area contributed by atoms with Gasteiger partial charge in [-0.2, -0.15) is 0 Å². The summed E-state index contributed by atoms with van der Waals surface area (Å²) in [4.78, 5) is 3.97. The third-order valence-corrected chi connectivity index (χ3v) is 4.30. The van der Waals surface area contributed by atoms with Crippen LogP contribution < -0.4 is 5.32 Å². The minimum Gasteiger partial charge on any atom is -0.316 e. The number of hydrogen-bond donors (Lipinski definition) is 1. The first kappa shape index (κ1) is 13.5. The molecule has 0 amide bonds. The van der Waals surface area contributed by atoms with Crippen molar-refractivity contribution in [2.45, 2.75) is 19.0 Å². The monoisotopic (exact) mass is 310 g/mol. The molecule has 5 heteroatoms. The van der Waals surface area contributed by atoms with Gasteiger partial charge in [0.2, 0.25) is 0 Å². The van der Waals surface area contributed by atoms with E-state index in [1.807, 2.05) is 11.3 Å². The van der Waals surface area contributed by atoms with Crippen molar-refractivity contribution < 1.29 is 0 Å². The van der Waals surface area contributed by atoms with Crippen molar-refractivity contribution in [1.82, 2.24) is 10.2 Å². The molecule has 0 saturated carbocycles. The molecule has 1 aromatic rings. The quantitative estimate of drug-likeness (QED) is 0.923. The Kier molecular flexibility index (Phi) is 5.57. The Morgan fingerprint density at radius 3 is 2.93 bits per heavy atom. The number of halogens is 2. The minimum absolute atomic E-state index is 0. The van der Waals surface area contributed by atoms with Gasteiger partial charge < -0.3 is 5.32 Å². The SMILES string of the molecule is CNC1CCN(Cc2ccc(Br)s2)C1.Cl. The van der Waals surface area contributed by atoms with Crippen molar-refractivity contribution in [2.75, 3.05) is 20.1 Å². The summed E-state index contributed by atoms with van der Waals surface area (Å²) < 4.78 is 1.23. The molecule has 1 unspecified atom stereocenters. The molecule has 1 aliphatic heterocycles. The van der Waals surface area contributed by atoms with E-state index in [0.717, 1.165) is 6.54 Å².